The minimum atomic E-state index is -0.129. The third-order valence-electron chi connectivity index (χ3n) is 6.85. The second-order valence-corrected chi connectivity index (χ2v) is 8.95. The maximum absolute atomic E-state index is 13.4. The lowest BCUT2D eigenvalue weighted by atomic mass is 10.0. The quantitative estimate of drug-likeness (QED) is 0.523. The second kappa shape index (κ2) is 10.7. The van der Waals surface area contributed by atoms with Crippen LogP contribution < -0.4 is 10.2 Å². The van der Waals surface area contributed by atoms with E-state index in [0.717, 1.165) is 39.1 Å². The van der Waals surface area contributed by atoms with Gasteiger partial charge < -0.3 is 29.6 Å². The van der Waals surface area contributed by atoms with E-state index < -0.39 is 0 Å². The first-order valence-electron chi connectivity index (χ1n) is 12.3. The van der Waals surface area contributed by atoms with Gasteiger partial charge in [-0.05, 0) is 12.8 Å². The number of morpholine rings is 2. The van der Waals surface area contributed by atoms with Crippen molar-refractivity contribution in [2.24, 2.45) is 0 Å². The van der Waals surface area contributed by atoms with Gasteiger partial charge in [0.15, 0.2) is 23.1 Å². The number of carbonyl (C=O) groups excluding carboxylic acids is 1. The monoisotopic (exact) mass is 482 g/mol. The second-order valence-electron chi connectivity index (χ2n) is 8.95. The number of imidazole rings is 1. The Bertz CT molecular complexity index is 1120. The molecule has 2 aromatic heterocycles. The Morgan fingerprint density at radius 3 is 2.40 bits per heavy atom. The van der Waals surface area contributed by atoms with Crippen molar-refractivity contribution < 1.29 is 19.6 Å². The van der Waals surface area contributed by atoms with E-state index in [1.54, 1.807) is 11.5 Å². The number of amides is 1. The fourth-order valence-corrected chi connectivity index (χ4v) is 4.96. The number of hydrogen-bond donors (Lipinski definition) is 2. The summed E-state index contributed by atoms with van der Waals surface area (Å²) in [6.45, 7) is 7.37. The number of aromatic nitrogens is 4. The SMILES string of the molecule is C[NH2+]/C=C(\C#N)c1nc(N2CCOCC2)c2[nH]c(C(=O)N3CCC(N4CCOCC4)CC3)nc2n1. The number of H-pyrrole nitrogens is 1. The number of rotatable bonds is 5. The molecule has 2 aromatic rings. The molecule has 0 saturated carbocycles. The van der Waals surface area contributed by atoms with E-state index in [9.17, 15) is 10.1 Å². The molecule has 3 saturated heterocycles. The number of aromatic amines is 1. The molecule has 3 aliphatic rings. The lowest BCUT2D eigenvalue weighted by Gasteiger charge is -2.39. The molecule has 12 nitrogen and oxygen atoms in total. The van der Waals surface area contributed by atoms with Gasteiger partial charge in [0.1, 0.15) is 23.4 Å². The number of fused-ring (bicyclic) bond motifs is 1. The van der Waals surface area contributed by atoms with E-state index in [1.165, 1.54) is 0 Å². The summed E-state index contributed by atoms with van der Waals surface area (Å²) in [6, 6.07) is 2.66. The number of ether oxygens (including phenoxy) is 2. The summed E-state index contributed by atoms with van der Waals surface area (Å²) in [4.78, 5) is 36.8. The fraction of sp³-hybridized carbons (Fsp3) is 0.609. The number of likely N-dealkylation sites (tertiary alicyclic amines) is 1. The summed E-state index contributed by atoms with van der Waals surface area (Å²) in [7, 11) is 1.84. The minimum absolute atomic E-state index is 0.129. The van der Waals surface area contributed by atoms with Crippen molar-refractivity contribution in [3.05, 3.63) is 17.8 Å². The molecule has 3 N–H and O–H groups in total. The predicted octanol–water partition coefficient (Wildman–Crippen LogP) is -0.816. The zero-order chi connectivity index (χ0) is 24.2. The summed E-state index contributed by atoms with van der Waals surface area (Å²) < 4.78 is 11.0. The van der Waals surface area contributed by atoms with Crippen LogP contribution in [0.25, 0.3) is 16.7 Å². The van der Waals surface area contributed by atoms with Crippen LogP contribution in [0.15, 0.2) is 6.20 Å². The average molecular weight is 483 g/mol. The van der Waals surface area contributed by atoms with Crippen molar-refractivity contribution in [1.29, 1.82) is 5.26 Å². The van der Waals surface area contributed by atoms with E-state index in [-0.39, 0.29) is 11.7 Å². The largest absolute Gasteiger partial charge is 0.379 e. The molecular formula is C23H32N9O3+. The van der Waals surface area contributed by atoms with Gasteiger partial charge in [-0.1, -0.05) is 0 Å². The topological polar surface area (TPSA) is 140 Å². The van der Waals surface area contributed by atoms with Crippen LogP contribution in [0.4, 0.5) is 5.82 Å². The number of carbonyl (C=O) groups is 1. The van der Waals surface area contributed by atoms with Crippen LogP contribution in [0.1, 0.15) is 29.3 Å². The molecule has 1 amide bonds. The van der Waals surface area contributed by atoms with Crippen LogP contribution >= 0.6 is 0 Å². The van der Waals surface area contributed by atoms with E-state index in [1.807, 2.05) is 11.9 Å². The molecule has 186 valence electrons. The minimum Gasteiger partial charge on any atom is -0.379 e. The summed E-state index contributed by atoms with van der Waals surface area (Å²) in [5, 5.41) is 11.4. The summed E-state index contributed by atoms with van der Waals surface area (Å²) in [5.74, 6) is 1.07. The van der Waals surface area contributed by atoms with Crippen LogP contribution in [-0.2, 0) is 9.47 Å². The molecular weight excluding hydrogens is 450 g/mol. The summed E-state index contributed by atoms with van der Waals surface area (Å²) in [5.41, 5.74) is 1.35. The van der Waals surface area contributed by atoms with Crippen molar-refractivity contribution in [3.63, 3.8) is 0 Å². The van der Waals surface area contributed by atoms with E-state index in [2.05, 4.69) is 30.8 Å². The van der Waals surface area contributed by atoms with Gasteiger partial charge >= 0.3 is 0 Å². The third kappa shape index (κ3) is 4.99. The van der Waals surface area contributed by atoms with Crippen molar-refractivity contribution in [3.8, 4) is 6.07 Å². The lowest BCUT2D eigenvalue weighted by molar-refractivity contribution is -0.555. The molecule has 0 spiro atoms. The maximum atomic E-state index is 13.4. The first kappa shape index (κ1) is 23.6. The van der Waals surface area contributed by atoms with Gasteiger partial charge in [0, 0.05) is 45.3 Å². The van der Waals surface area contributed by atoms with Crippen LogP contribution in [0.5, 0.6) is 0 Å². The van der Waals surface area contributed by atoms with Crippen LogP contribution in [0.3, 0.4) is 0 Å². The van der Waals surface area contributed by atoms with Gasteiger partial charge in [-0.3, -0.25) is 9.69 Å². The number of nitriles is 1. The first-order valence-corrected chi connectivity index (χ1v) is 12.3. The number of nitrogens with two attached hydrogens (primary N) is 1. The molecule has 3 aliphatic heterocycles. The van der Waals surface area contributed by atoms with E-state index >= 15 is 0 Å². The zero-order valence-corrected chi connectivity index (χ0v) is 20.1. The number of nitrogens with zero attached hydrogens (tertiary/aromatic N) is 7. The van der Waals surface area contributed by atoms with Crippen LogP contribution in [0.2, 0.25) is 0 Å². The Morgan fingerprint density at radius 1 is 1.06 bits per heavy atom. The molecule has 0 atom stereocenters. The zero-order valence-electron chi connectivity index (χ0n) is 20.1. The highest BCUT2D eigenvalue weighted by Gasteiger charge is 2.30. The van der Waals surface area contributed by atoms with Gasteiger partial charge in [0.25, 0.3) is 5.91 Å². The fourth-order valence-electron chi connectivity index (χ4n) is 4.96. The standard InChI is InChI=1S/C23H31N9O3/c1-25-15-16(14-24)19-27-20-18(22(29-19)31-8-12-35-13-9-31)26-21(28-20)23(33)32-4-2-17(3-5-32)30-6-10-34-11-7-30/h15,17,25H,2-13H2,1H3,(H,26,27,28,29)/p+1/b16-15+. The molecule has 5 heterocycles. The van der Waals surface area contributed by atoms with Gasteiger partial charge in [-0.2, -0.15) is 5.26 Å². The Labute approximate surface area is 203 Å². The molecule has 0 aliphatic carbocycles. The van der Waals surface area contributed by atoms with E-state index in [0.29, 0.717) is 73.8 Å². The molecule has 3 fully saturated rings. The highest BCUT2D eigenvalue weighted by Crippen LogP contribution is 2.26. The van der Waals surface area contributed by atoms with Crippen LogP contribution in [0, 0.1) is 11.3 Å². The highest BCUT2D eigenvalue weighted by molar-refractivity contribution is 5.96. The Kier molecular flexibility index (Phi) is 7.19. The summed E-state index contributed by atoms with van der Waals surface area (Å²) >= 11 is 0. The maximum Gasteiger partial charge on any atom is 0.289 e. The average Bonchev–Trinajstić information content (AvgIpc) is 3.36. The molecule has 35 heavy (non-hydrogen) atoms. The van der Waals surface area contributed by atoms with Gasteiger partial charge in [-0.25, -0.2) is 15.0 Å². The Morgan fingerprint density at radius 2 is 1.74 bits per heavy atom. The number of hydrogen-bond acceptors (Lipinski definition) is 9. The predicted molar refractivity (Wildman–Crippen MR) is 127 cm³/mol. The van der Waals surface area contributed by atoms with Gasteiger partial charge in [0.2, 0.25) is 0 Å². The lowest BCUT2D eigenvalue weighted by Crippen LogP contribution is -2.72. The normalized spacial score (nSPS) is 20.9. The van der Waals surface area contributed by atoms with Crippen molar-refractivity contribution in [2.45, 2.75) is 18.9 Å². The molecule has 0 aromatic carbocycles. The molecule has 0 bridgehead atoms. The number of quaternary nitrogens is 1. The highest BCUT2D eigenvalue weighted by atomic mass is 16.5. The smallest absolute Gasteiger partial charge is 0.289 e. The molecule has 0 radical (unpaired) electrons. The molecule has 5 rings (SSSR count). The van der Waals surface area contributed by atoms with Crippen molar-refractivity contribution in [2.75, 3.05) is 77.6 Å². The number of nitrogens with one attached hydrogen (secondary N) is 1. The number of piperidine rings is 1. The van der Waals surface area contributed by atoms with Crippen molar-refractivity contribution in [1.82, 2.24) is 29.7 Å². The number of allylic oxidation sites excluding steroid dienone is 1. The van der Waals surface area contributed by atoms with Crippen LogP contribution in [-0.4, -0.2) is 114 Å². The van der Waals surface area contributed by atoms with E-state index in [4.69, 9.17) is 14.5 Å². The number of anilines is 1. The summed E-state index contributed by atoms with van der Waals surface area (Å²) in [6.07, 6.45) is 3.57. The third-order valence-corrected chi connectivity index (χ3v) is 6.85. The molecule has 12 heteroatoms. The Balaban J connectivity index is 1.40. The molecule has 0 unspecified atom stereocenters. The van der Waals surface area contributed by atoms with Gasteiger partial charge in [-0.15, -0.1) is 0 Å². The van der Waals surface area contributed by atoms with Crippen molar-refractivity contribution >= 4 is 28.5 Å². The Hall–Kier alpha value is -3.11. The first-order chi connectivity index (χ1) is 17.2. The van der Waals surface area contributed by atoms with Gasteiger partial charge in [0.05, 0.1) is 33.5 Å².